The van der Waals surface area contributed by atoms with Gasteiger partial charge in [-0.3, -0.25) is 9.59 Å². The molecule has 0 radical (unpaired) electrons. The van der Waals surface area contributed by atoms with Crippen LogP contribution in [0.15, 0.2) is 66.9 Å². The minimum atomic E-state index is -1.09. The van der Waals surface area contributed by atoms with Gasteiger partial charge in [-0.2, -0.15) is 0 Å². The lowest BCUT2D eigenvalue weighted by atomic mass is 9.89. The fourth-order valence-electron chi connectivity index (χ4n) is 6.46. The maximum Gasteiger partial charge on any atom is 0.335 e. The van der Waals surface area contributed by atoms with E-state index in [2.05, 4.69) is 49.1 Å². The Kier molecular flexibility index (Phi) is 8.32. The molecule has 0 bridgehead atoms. The fourth-order valence-corrected chi connectivity index (χ4v) is 6.63. The number of carboxylic acid groups (broad SMARTS) is 1. The average Bonchev–Trinajstić information content (AvgIpc) is 3.76. The van der Waals surface area contributed by atoms with Gasteiger partial charge in [-0.25, -0.2) is 13.9 Å². The summed E-state index contributed by atoms with van der Waals surface area (Å²) >= 11 is 5.96. The van der Waals surface area contributed by atoms with Crippen LogP contribution in [0.2, 0.25) is 5.02 Å². The van der Waals surface area contributed by atoms with Gasteiger partial charge in [0, 0.05) is 36.9 Å². The van der Waals surface area contributed by atoms with Gasteiger partial charge in [0.1, 0.15) is 17.6 Å². The maximum absolute atomic E-state index is 14.8. The van der Waals surface area contributed by atoms with E-state index in [4.69, 9.17) is 11.6 Å². The van der Waals surface area contributed by atoms with Crippen LogP contribution in [0.25, 0.3) is 5.69 Å². The Labute approximate surface area is 284 Å². The van der Waals surface area contributed by atoms with E-state index in [1.54, 1.807) is 6.07 Å². The second-order valence-electron chi connectivity index (χ2n) is 12.2. The number of hydrogen-bond acceptors (Lipinski definition) is 8. The van der Waals surface area contributed by atoms with Gasteiger partial charge in [0.05, 0.1) is 23.3 Å². The topological polar surface area (TPSA) is 151 Å². The van der Waals surface area contributed by atoms with E-state index in [0.29, 0.717) is 37.3 Å². The highest BCUT2D eigenvalue weighted by Crippen LogP contribution is 2.38. The molecule has 2 amide bonds. The lowest BCUT2D eigenvalue weighted by Crippen LogP contribution is -2.46. The number of halogens is 2. The van der Waals surface area contributed by atoms with Crippen LogP contribution in [-0.2, 0) is 24.3 Å². The molecule has 15 heteroatoms. The Balaban J connectivity index is 1.23. The van der Waals surface area contributed by atoms with Crippen LogP contribution in [0.1, 0.15) is 69.4 Å². The molecule has 49 heavy (non-hydrogen) atoms. The van der Waals surface area contributed by atoms with Gasteiger partial charge in [0.2, 0.25) is 0 Å². The molecule has 7 rings (SSSR count). The molecule has 0 fully saturated rings. The summed E-state index contributed by atoms with van der Waals surface area (Å²) in [6.45, 7) is 6.31. The number of fused-ring (bicyclic) bond motifs is 2. The molecule has 2 aliphatic rings. The molecule has 3 aromatic carbocycles. The Morgan fingerprint density at radius 3 is 2.47 bits per heavy atom. The molecule has 2 aliphatic heterocycles. The molecule has 1 unspecified atom stereocenters. The molecule has 0 saturated carbocycles. The van der Waals surface area contributed by atoms with E-state index in [9.17, 15) is 23.9 Å². The van der Waals surface area contributed by atoms with Crippen molar-refractivity contribution >= 4 is 40.8 Å². The number of rotatable bonds is 7. The predicted octanol–water partition coefficient (Wildman–Crippen LogP) is 4.87. The summed E-state index contributed by atoms with van der Waals surface area (Å²) in [4.78, 5) is 43.3. The van der Waals surface area contributed by atoms with Crippen molar-refractivity contribution in [1.82, 2.24) is 34.7 Å². The number of hydrogen-bond donors (Lipinski definition) is 2. The molecule has 13 nitrogen and oxygen atoms in total. The molecule has 2 N–H and O–H groups in total. The number of aromatic nitrogens is 6. The predicted molar refractivity (Wildman–Crippen MR) is 177 cm³/mol. The van der Waals surface area contributed by atoms with Crippen LogP contribution in [0.5, 0.6) is 0 Å². The highest BCUT2D eigenvalue weighted by atomic mass is 35.5. The zero-order chi connectivity index (χ0) is 34.4. The normalized spacial score (nSPS) is 15.6. The van der Waals surface area contributed by atoms with Crippen molar-refractivity contribution in [2.75, 3.05) is 23.3 Å². The van der Waals surface area contributed by atoms with E-state index < -0.39 is 29.6 Å². The monoisotopic (exact) mass is 683 g/mol. The highest BCUT2D eigenvalue weighted by Gasteiger charge is 2.39. The quantitative estimate of drug-likeness (QED) is 0.245. The Bertz CT molecular complexity index is 2100. The summed E-state index contributed by atoms with van der Waals surface area (Å²) in [6.07, 6.45) is 1.75. The van der Waals surface area contributed by atoms with E-state index in [-0.39, 0.29) is 34.4 Å². The van der Waals surface area contributed by atoms with Crippen LogP contribution in [0.4, 0.5) is 15.8 Å². The van der Waals surface area contributed by atoms with E-state index >= 15 is 0 Å². The summed E-state index contributed by atoms with van der Waals surface area (Å²) in [7, 11) is 0. The van der Waals surface area contributed by atoms with Gasteiger partial charge < -0.3 is 24.8 Å². The van der Waals surface area contributed by atoms with Gasteiger partial charge in [-0.15, -0.1) is 15.3 Å². The third-order valence-electron chi connectivity index (χ3n) is 8.83. The van der Waals surface area contributed by atoms with E-state index in [1.165, 1.54) is 47.5 Å². The molecular weight excluding hydrogens is 653 g/mol. The van der Waals surface area contributed by atoms with Crippen LogP contribution in [-0.4, -0.2) is 70.6 Å². The maximum atomic E-state index is 14.8. The summed E-state index contributed by atoms with van der Waals surface area (Å²) in [6, 6.07) is 14.8. The largest absolute Gasteiger partial charge is 0.478 e. The van der Waals surface area contributed by atoms with Crippen molar-refractivity contribution in [2.24, 2.45) is 0 Å². The van der Waals surface area contributed by atoms with Crippen molar-refractivity contribution in [3.05, 3.63) is 112 Å². The van der Waals surface area contributed by atoms with Gasteiger partial charge in [0.25, 0.3) is 11.8 Å². The molecule has 2 aromatic heterocycles. The molecule has 0 spiro atoms. The van der Waals surface area contributed by atoms with Crippen LogP contribution >= 0.6 is 11.6 Å². The summed E-state index contributed by atoms with van der Waals surface area (Å²) in [5, 5.41) is 28.9. The van der Waals surface area contributed by atoms with Gasteiger partial charge in [-0.1, -0.05) is 48.9 Å². The lowest BCUT2D eigenvalue weighted by molar-refractivity contribution is -0.121. The molecule has 5 aromatic rings. The third-order valence-corrected chi connectivity index (χ3v) is 9.13. The summed E-state index contributed by atoms with van der Waals surface area (Å²) < 4.78 is 18.0. The van der Waals surface area contributed by atoms with Gasteiger partial charge in [0.15, 0.2) is 17.3 Å². The van der Waals surface area contributed by atoms with Gasteiger partial charge in [-0.05, 0) is 60.0 Å². The van der Waals surface area contributed by atoms with Crippen LogP contribution in [0, 0.1) is 5.82 Å². The number of nitrogens with one attached hydrogen (secondary N) is 1. The Morgan fingerprint density at radius 2 is 1.71 bits per heavy atom. The summed E-state index contributed by atoms with van der Waals surface area (Å²) in [5.41, 5.74) is 2.87. The Hall–Kier alpha value is -5.63. The van der Waals surface area contributed by atoms with Crippen LogP contribution in [0.3, 0.4) is 0 Å². The first-order valence-corrected chi connectivity index (χ1v) is 16.1. The number of benzene rings is 3. The number of anilines is 2. The zero-order valence-corrected chi connectivity index (χ0v) is 27.3. The molecule has 250 valence electrons. The third kappa shape index (κ3) is 5.88. The number of carbonyl (C=O) groups excluding carboxylic acids is 2. The SMILES string of the molecule is CC(C)c1nnc2n1CCN(c1cccc3c1CCN(C(=O)c1cn(-c4cccc(Cl)c4F)nn1)C3C(=O)Nc1ccc(C(=O)O)cc1)C2. The minimum Gasteiger partial charge on any atom is -0.478 e. The number of amides is 2. The second kappa shape index (κ2) is 12.8. The second-order valence-corrected chi connectivity index (χ2v) is 12.6. The molecule has 0 saturated heterocycles. The Morgan fingerprint density at radius 1 is 0.959 bits per heavy atom. The van der Waals surface area contributed by atoms with Crippen molar-refractivity contribution in [3.63, 3.8) is 0 Å². The highest BCUT2D eigenvalue weighted by molar-refractivity contribution is 6.30. The minimum absolute atomic E-state index is 0.0182. The molecule has 1 atom stereocenters. The van der Waals surface area contributed by atoms with E-state index in [0.717, 1.165) is 27.6 Å². The van der Waals surface area contributed by atoms with Crippen molar-refractivity contribution in [1.29, 1.82) is 0 Å². The first kappa shape index (κ1) is 31.9. The summed E-state index contributed by atoms with van der Waals surface area (Å²) in [5.74, 6) is -0.825. The van der Waals surface area contributed by atoms with Crippen molar-refractivity contribution in [2.45, 2.75) is 45.3 Å². The van der Waals surface area contributed by atoms with Crippen molar-refractivity contribution < 1.29 is 23.9 Å². The van der Waals surface area contributed by atoms with E-state index in [1.807, 2.05) is 18.2 Å². The zero-order valence-electron chi connectivity index (χ0n) is 26.5. The lowest BCUT2D eigenvalue weighted by Gasteiger charge is -2.39. The van der Waals surface area contributed by atoms with Crippen LogP contribution < -0.4 is 10.2 Å². The number of carbonyl (C=O) groups is 3. The molecular formula is C34H31ClFN9O4. The molecule has 4 heterocycles. The first-order chi connectivity index (χ1) is 23.6. The number of carboxylic acids is 1. The average molecular weight is 684 g/mol. The van der Waals surface area contributed by atoms with Crippen molar-refractivity contribution in [3.8, 4) is 5.69 Å². The standard InChI is InChI=1S/C34H31ClFN9O4/c1-19(2)31-40-39-28-18-42(15-16-43(28)31)26-7-3-5-23-22(26)13-14-44(30(23)32(46)37-21-11-9-20(10-12-21)34(48)49)33(47)25-17-45(41-38-25)27-8-4-6-24(35)29(27)36/h3-12,17,19,30H,13-16,18H2,1-2H3,(H,37,46)(H,48,49). The van der Waals surface area contributed by atoms with Gasteiger partial charge >= 0.3 is 5.97 Å². The smallest absolute Gasteiger partial charge is 0.335 e. The first-order valence-electron chi connectivity index (χ1n) is 15.7. The molecule has 0 aliphatic carbocycles. The fraction of sp³-hybridized carbons (Fsp3) is 0.265. The number of aromatic carboxylic acids is 1. The number of nitrogens with zero attached hydrogens (tertiary/aromatic N) is 8.